The maximum atomic E-state index is 6.95. The number of fused-ring (bicyclic) bond motifs is 3. The van der Waals surface area contributed by atoms with Crippen molar-refractivity contribution in [2.75, 3.05) is 12.4 Å². The van der Waals surface area contributed by atoms with E-state index in [-0.39, 0.29) is 30.3 Å². The zero-order valence-corrected chi connectivity index (χ0v) is 23.7. The number of hydrogen-bond acceptors (Lipinski definition) is 5. The predicted molar refractivity (Wildman–Crippen MR) is 159 cm³/mol. The fourth-order valence-corrected chi connectivity index (χ4v) is 6.89. The first kappa shape index (κ1) is 27.3. The number of thioether (sulfide) groups is 1. The molecule has 0 radical (unpaired) electrons. The van der Waals surface area contributed by atoms with E-state index < -0.39 is 0 Å². The second-order valence-electron chi connectivity index (χ2n) is 10.6. The van der Waals surface area contributed by atoms with E-state index in [1.165, 1.54) is 16.0 Å². The Balaban J connectivity index is 1.29. The van der Waals surface area contributed by atoms with Gasteiger partial charge < -0.3 is 18.9 Å². The van der Waals surface area contributed by atoms with Crippen LogP contribution < -0.4 is 0 Å². The molecule has 4 nitrogen and oxygen atoms in total. The maximum Gasteiger partial charge on any atom is 0.113 e. The van der Waals surface area contributed by atoms with Gasteiger partial charge in [0.15, 0.2) is 0 Å². The Kier molecular flexibility index (Phi) is 8.96. The summed E-state index contributed by atoms with van der Waals surface area (Å²) in [7, 11) is 0. The Morgan fingerprint density at radius 1 is 0.700 bits per heavy atom. The topological polar surface area (TPSA) is 36.9 Å². The highest BCUT2D eigenvalue weighted by atomic mass is 32.2. The lowest BCUT2D eigenvalue weighted by atomic mass is 9.83. The molecule has 2 aliphatic rings. The van der Waals surface area contributed by atoms with Crippen LogP contribution >= 0.6 is 11.8 Å². The Bertz CT molecular complexity index is 1350. The van der Waals surface area contributed by atoms with E-state index in [1.807, 2.05) is 54.2 Å². The summed E-state index contributed by atoms with van der Waals surface area (Å²) in [6, 6.07) is 37.7. The molecule has 1 saturated heterocycles. The average Bonchev–Trinajstić information content (AvgIpc) is 3.00. The fourth-order valence-electron chi connectivity index (χ4n) is 5.64. The predicted octanol–water partition coefficient (Wildman–Crippen LogP) is 7.54. The summed E-state index contributed by atoms with van der Waals surface area (Å²) in [5.74, 6) is 1.08. The molecule has 6 rings (SSSR count). The Morgan fingerprint density at radius 2 is 1.27 bits per heavy atom. The number of benzene rings is 4. The van der Waals surface area contributed by atoms with E-state index in [2.05, 4.69) is 73.7 Å². The minimum Gasteiger partial charge on any atom is -0.374 e. The first-order chi connectivity index (χ1) is 19.7. The van der Waals surface area contributed by atoms with Crippen LogP contribution in [-0.2, 0) is 38.8 Å². The number of aryl methyl sites for hydroxylation is 1. The molecule has 0 saturated carbocycles. The lowest BCUT2D eigenvalue weighted by Crippen LogP contribution is -2.56. The van der Waals surface area contributed by atoms with Crippen LogP contribution in [0.25, 0.3) is 0 Å². The highest BCUT2D eigenvalue weighted by molar-refractivity contribution is 7.99. The Hall–Kier alpha value is -2.93. The second kappa shape index (κ2) is 13.2. The van der Waals surface area contributed by atoms with Gasteiger partial charge in [-0.15, -0.1) is 11.8 Å². The van der Waals surface area contributed by atoms with Crippen LogP contribution in [0.1, 0.15) is 33.9 Å². The van der Waals surface area contributed by atoms with Crippen molar-refractivity contribution < 1.29 is 18.9 Å². The van der Waals surface area contributed by atoms with Crippen LogP contribution in [0, 0.1) is 12.8 Å². The van der Waals surface area contributed by atoms with Gasteiger partial charge in [0.1, 0.15) is 12.2 Å². The molecule has 5 atom stereocenters. The standard InChI is InChI=1S/C35H36O4S/c1-25-17-18-32-29(19-25)33-30(24-40-32)34(37-21-27-13-7-3-8-14-27)35(38-22-28-15-9-4-10-16-28)31(39-33)23-36-20-26-11-5-2-6-12-26/h2-19,30-31,33-35H,20-24H2,1H3/t30-,31+,33+,34+,35+/m0/s1. The van der Waals surface area contributed by atoms with Crippen LogP contribution in [0.2, 0.25) is 0 Å². The van der Waals surface area contributed by atoms with E-state index in [4.69, 9.17) is 18.9 Å². The molecule has 4 aromatic carbocycles. The quantitative estimate of drug-likeness (QED) is 0.203. The van der Waals surface area contributed by atoms with Gasteiger partial charge in [0.2, 0.25) is 0 Å². The minimum absolute atomic E-state index is 0.0705. The molecule has 206 valence electrons. The minimum atomic E-state index is -0.272. The summed E-state index contributed by atoms with van der Waals surface area (Å²) < 4.78 is 26.7. The average molecular weight is 553 g/mol. The van der Waals surface area contributed by atoms with Crippen LogP contribution in [0.15, 0.2) is 114 Å². The molecule has 0 unspecified atom stereocenters. The van der Waals surface area contributed by atoms with Gasteiger partial charge in [0.05, 0.1) is 38.6 Å². The summed E-state index contributed by atoms with van der Waals surface area (Å²) in [5.41, 5.74) is 5.93. The van der Waals surface area contributed by atoms with E-state index in [0.717, 1.165) is 22.4 Å². The van der Waals surface area contributed by atoms with E-state index in [9.17, 15) is 0 Å². The smallest absolute Gasteiger partial charge is 0.113 e. The molecular formula is C35H36O4S. The SMILES string of the molecule is Cc1ccc2c(c1)[C@H]1O[C@H](COCc3ccccc3)[C@@H](OCc3ccccc3)[C@H](OCc3ccccc3)[C@H]1CS2. The third-order valence-electron chi connectivity index (χ3n) is 7.69. The number of rotatable bonds is 10. The van der Waals surface area contributed by atoms with Crippen LogP contribution in [0.4, 0.5) is 0 Å². The molecule has 0 amide bonds. The van der Waals surface area contributed by atoms with Gasteiger partial charge in [-0.2, -0.15) is 0 Å². The molecule has 0 N–H and O–H groups in total. The summed E-state index contributed by atoms with van der Waals surface area (Å²) in [6.45, 7) is 4.13. The zero-order chi connectivity index (χ0) is 27.1. The molecule has 2 heterocycles. The maximum absolute atomic E-state index is 6.95. The molecular weight excluding hydrogens is 516 g/mol. The third kappa shape index (κ3) is 6.51. The largest absolute Gasteiger partial charge is 0.374 e. The van der Waals surface area contributed by atoms with Crippen molar-refractivity contribution in [1.29, 1.82) is 0 Å². The van der Waals surface area contributed by atoms with Crippen LogP contribution in [-0.4, -0.2) is 30.7 Å². The van der Waals surface area contributed by atoms with Crippen molar-refractivity contribution in [2.24, 2.45) is 5.92 Å². The van der Waals surface area contributed by atoms with Crippen molar-refractivity contribution in [3.8, 4) is 0 Å². The highest BCUT2D eigenvalue weighted by Gasteiger charge is 2.49. The summed E-state index contributed by atoms with van der Waals surface area (Å²) in [6.07, 6.45) is -0.758. The lowest BCUT2D eigenvalue weighted by molar-refractivity contribution is -0.244. The first-order valence-electron chi connectivity index (χ1n) is 14.1. The monoisotopic (exact) mass is 552 g/mol. The third-order valence-corrected chi connectivity index (χ3v) is 8.92. The van der Waals surface area contributed by atoms with Gasteiger partial charge >= 0.3 is 0 Å². The number of ether oxygens (including phenoxy) is 4. The van der Waals surface area contributed by atoms with E-state index in [0.29, 0.717) is 26.4 Å². The summed E-state index contributed by atoms with van der Waals surface area (Å²) in [5, 5.41) is 0. The summed E-state index contributed by atoms with van der Waals surface area (Å²) >= 11 is 1.89. The molecule has 4 aromatic rings. The Labute approximate surface area is 241 Å². The molecule has 1 fully saturated rings. The van der Waals surface area contributed by atoms with Gasteiger partial charge in [0, 0.05) is 16.6 Å². The van der Waals surface area contributed by atoms with E-state index >= 15 is 0 Å². The van der Waals surface area contributed by atoms with Gasteiger partial charge in [-0.25, -0.2) is 0 Å². The van der Waals surface area contributed by atoms with Crippen molar-refractivity contribution in [3.63, 3.8) is 0 Å². The molecule has 0 bridgehead atoms. The lowest BCUT2D eigenvalue weighted by Gasteiger charge is -2.48. The molecule has 0 aromatic heterocycles. The Morgan fingerprint density at radius 3 is 1.90 bits per heavy atom. The fraction of sp³-hybridized carbons (Fsp3) is 0.314. The van der Waals surface area contributed by atoms with Crippen molar-refractivity contribution in [1.82, 2.24) is 0 Å². The number of hydrogen-bond donors (Lipinski definition) is 0. The normalized spacial score (nSPS) is 23.8. The second-order valence-corrected chi connectivity index (χ2v) is 11.7. The van der Waals surface area contributed by atoms with Gasteiger partial charge in [-0.1, -0.05) is 109 Å². The zero-order valence-electron chi connectivity index (χ0n) is 22.9. The van der Waals surface area contributed by atoms with Crippen molar-refractivity contribution in [2.45, 2.75) is 56.1 Å². The highest BCUT2D eigenvalue weighted by Crippen LogP contribution is 2.49. The molecule has 5 heteroatoms. The molecule has 0 aliphatic carbocycles. The van der Waals surface area contributed by atoms with Crippen LogP contribution in [0.5, 0.6) is 0 Å². The van der Waals surface area contributed by atoms with E-state index in [1.54, 1.807) is 0 Å². The van der Waals surface area contributed by atoms with Gasteiger partial charge in [-0.05, 0) is 35.2 Å². The molecule has 0 spiro atoms. The molecule has 2 aliphatic heterocycles. The molecule has 40 heavy (non-hydrogen) atoms. The van der Waals surface area contributed by atoms with Gasteiger partial charge in [0.25, 0.3) is 0 Å². The van der Waals surface area contributed by atoms with Gasteiger partial charge in [-0.3, -0.25) is 0 Å². The van der Waals surface area contributed by atoms with Crippen molar-refractivity contribution in [3.05, 3.63) is 137 Å². The van der Waals surface area contributed by atoms with Crippen LogP contribution in [0.3, 0.4) is 0 Å². The van der Waals surface area contributed by atoms with Crippen molar-refractivity contribution >= 4 is 11.8 Å². The first-order valence-corrected chi connectivity index (χ1v) is 15.0. The summed E-state index contributed by atoms with van der Waals surface area (Å²) in [4.78, 5) is 1.29.